The van der Waals surface area contributed by atoms with Gasteiger partial charge in [-0.1, -0.05) is 29.8 Å². The van der Waals surface area contributed by atoms with Gasteiger partial charge >= 0.3 is 0 Å². The normalized spacial score (nSPS) is 10.6. The van der Waals surface area contributed by atoms with Crippen LogP contribution in [0.2, 0.25) is 0 Å². The molecule has 5 heteroatoms. The molecule has 0 saturated heterocycles. The number of para-hydroxylation sites is 1. The Kier molecular flexibility index (Phi) is 5.38. The lowest BCUT2D eigenvalue weighted by atomic mass is 9.99. The van der Waals surface area contributed by atoms with E-state index in [1.54, 1.807) is 0 Å². The molecule has 134 valence electrons. The smallest absolute Gasteiger partial charge is 0.257 e. The number of thiazole rings is 1. The molecule has 26 heavy (non-hydrogen) atoms. The van der Waals surface area contributed by atoms with Crippen LogP contribution in [0, 0.1) is 20.8 Å². The van der Waals surface area contributed by atoms with Gasteiger partial charge in [-0.3, -0.25) is 10.1 Å². The molecule has 0 fully saturated rings. The van der Waals surface area contributed by atoms with Gasteiger partial charge in [-0.15, -0.1) is 11.3 Å². The minimum Gasteiger partial charge on any atom is -0.493 e. The Bertz CT molecular complexity index is 924. The van der Waals surface area contributed by atoms with E-state index in [-0.39, 0.29) is 5.91 Å². The molecule has 0 bridgehead atoms. The summed E-state index contributed by atoms with van der Waals surface area (Å²) in [6, 6.07) is 11.8. The van der Waals surface area contributed by atoms with Gasteiger partial charge in [0.05, 0.1) is 12.3 Å². The lowest BCUT2D eigenvalue weighted by Crippen LogP contribution is -2.15. The summed E-state index contributed by atoms with van der Waals surface area (Å²) in [5.74, 6) is 0.669. The molecule has 4 nitrogen and oxygen atoms in total. The van der Waals surface area contributed by atoms with Crippen molar-refractivity contribution in [3.05, 3.63) is 64.0 Å². The maximum atomic E-state index is 12.7. The topological polar surface area (TPSA) is 51.2 Å². The molecule has 0 atom stereocenters. The number of benzene rings is 2. The number of rotatable bonds is 5. The summed E-state index contributed by atoms with van der Waals surface area (Å²) in [6.45, 7) is 8.50. The molecule has 0 saturated carbocycles. The zero-order chi connectivity index (χ0) is 18.7. The van der Waals surface area contributed by atoms with E-state index in [1.165, 1.54) is 11.3 Å². The van der Waals surface area contributed by atoms with Crippen molar-refractivity contribution in [3.63, 3.8) is 0 Å². The number of aryl methyl sites for hydroxylation is 3. The zero-order valence-electron chi connectivity index (χ0n) is 15.4. The molecule has 1 N–H and O–H groups in total. The largest absolute Gasteiger partial charge is 0.493 e. The Balaban J connectivity index is 1.85. The quantitative estimate of drug-likeness (QED) is 0.659. The van der Waals surface area contributed by atoms with Gasteiger partial charge in [0.2, 0.25) is 0 Å². The summed E-state index contributed by atoms with van der Waals surface area (Å²) in [7, 11) is 0. The summed E-state index contributed by atoms with van der Waals surface area (Å²) < 4.78 is 5.67. The number of nitrogens with one attached hydrogen (secondary N) is 1. The molecule has 0 unspecified atom stereocenters. The molecule has 1 aromatic heterocycles. The van der Waals surface area contributed by atoms with Crippen LogP contribution in [0.15, 0.2) is 41.8 Å². The maximum absolute atomic E-state index is 12.7. The van der Waals surface area contributed by atoms with E-state index < -0.39 is 0 Å². The second kappa shape index (κ2) is 7.70. The maximum Gasteiger partial charge on any atom is 0.257 e. The average molecular weight is 366 g/mol. The highest BCUT2D eigenvalue weighted by Crippen LogP contribution is 2.32. The lowest BCUT2D eigenvalue weighted by molar-refractivity contribution is 0.102. The number of ether oxygens (including phenoxy) is 1. The second-order valence-electron chi connectivity index (χ2n) is 6.19. The average Bonchev–Trinajstić information content (AvgIpc) is 3.03. The first-order valence-electron chi connectivity index (χ1n) is 8.56. The van der Waals surface area contributed by atoms with E-state index in [0.29, 0.717) is 17.3 Å². The predicted molar refractivity (Wildman–Crippen MR) is 107 cm³/mol. The first-order chi connectivity index (χ1) is 12.5. The van der Waals surface area contributed by atoms with Gasteiger partial charge in [0.1, 0.15) is 5.75 Å². The minimum absolute atomic E-state index is 0.126. The highest BCUT2D eigenvalue weighted by molar-refractivity contribution is 7.14. The van der Waals surface area contributed by atoms with Crippen LogP contribution in [-0.2, 0) is 0 Å². The highest BCUT2D eigenvalue weighted by atomic mass is 32.1. The van der Waals surface area contributed by atoms with Crippen LogP contribution in [-0.4, -0.2) is 17.5 Å². The Morgan fingerprint density at radius 1 is 1.15 bits per heavy atom. The molecule has 3 rings (SSSR count). The van der Waals surface area contributed by atoms with E-state index in [1.807, 2.05) is 69.5 Å². The summed E-state index contributed by atoms with van der Waals surface area (Å²) in [5, 5.41) is 5.44. The van der Waals surface area contributed by atoms with Gasteiger partial charge in [0.25, 0.3) is 5.91 Å². The highest BCUT2D eigenvalue weighted by Gasteiger charge is 2.16. The monoisotopic (exact) mass is 366 g/mol. The van der Waals surface area contributed by atoms with E-state index >= 15 is 0 Å². The molecule has 0 aliphatic carbocycles. The predicted octanol–water partition coefficient (Wildman–Crippen LogP) is 5.39. The fourth-order valence-electron chi connectivity index (χ4n) is 3.11. The number of nitrogens with zero attached hydrogens (tertiary/aromatic N) is 1. The van der Waals surface area contributed by atoms with Gasteiger partial charge in [-0.2, -0.15) is 0 Å². The molecule has 0 aliphatic rings. The van der Waals surface area contributed by atoms with Crippen LogP contribution < -0.4 is 10.1 Å². The number of carbonyl (C=O) groups excluding carboxylic acids is 1. The summed E-state index contributed by atoms with van der Waals surface area (Å²) in [5.41, 5.74) is 5.53. The van der Waals surface area contributed by atoms with Crippen molar-refractivity contribution in [1.82, 2.24) is 4.98 Å². The van der Waals surface area contributed by atoms with Crippen molar-refractivity contribution in [2.75, 3.05) is 11.9 Å². The Labute approximate surface area is 157 Å². The van der Waals surface area contributed by atoms with E-state index in [9.17, 15) is 4.79 Å². The Morgan fingerprint density at radius 2 is 1.85 bits per heavy atom. The van der Waals surface area contributed by atoms with Gasteiger partial charge in [-0.05, 0) is 51.0 Å². The number of carbonyl (C=O) groups is 1. The summed E-state index contributed by atoms with van der Waals surface area (Å²) >= 11 is 1.41. The van der Waals surface area contributed by atoms with Crippen LogP contribution >= 0.6 is 11.3 Å². The second-order valence-corrected chi connectivity index (χ2v) is 7.05. The number of amides is 1. The van der Waals surface area contributed by atoms with Gasteiger partial charge < -0.3 is 4.74 Å². The van der Waals surface area contributed by atoms with Gasteiger partial charge in [-0.25, -0.2) is 4.98 Å². The van der Waals surface area contributed by atoms with E-state index in [2.05, 4.69) is 10.3 Å². The molecule has 0 aliphatic heterocycles. The van der Waals surface area contributed by atoms with Crippen molar-refractivity contribution in [2.45, 2.75) is 27.7 Å². The summed E-state index contributed by atoms with van der Waals surface area (Å²) in [6.07, 6.45) is 0. The third-order valence-electron chi connectivity index (χ3n) is 4.09. The molecule has 1 heterocycles. The summed E-state index contributed by atoms with van der Waals surface area (Å²) in [4.78, 5) is 17.3. The first kappa shape index (κ1) is 18.1. The van der Waals surface area contributed by atoms with Gasteiger partial charge in [0.15, 0.2) is 5.13 Å². The number of hydrogen-bond donors (Lipinski definition) is 1. The van der Waals surface area contributed by atoms with Crippen LogP contribution in [0.1, 0.15) is 34.0 Å². The van der Waals surface area contributed by atoms with E-state index in [4.69, 9.17) is 4.74 Å². The fraction of sp³-hybridized carbons (Fsp3) is 0.238. The zero-order valence-corrected chi connectivity index (χ0v) is 16.2. The van der Waals surface area contributed by atoms with Crippen molar-refractivity contribution < 1.29 is 9.53 Å². The first-order valence-corrected chi connectivity index (χ1v) is 9.44. The molecule has 2 aromatic carbocycles. The fourth-order valence-corrected chi connectivity index (χ4v) is 3.82. The molecule has 1 amide bonds. The Morgan fingerprint density at radius 3 is 2.54 bits per heavy atom. The number of anilines is 1. The Hall–Kier alpha value is -2.66. The van der Waals surface area contributed by atoms with Crippen molar-refractivity contribution in [1.29, 1.82) is 0 Å². The van der Waals surface area contributed by atoms with Crippen molar-refractivity contribution in [2.24, 2.45) is 0 Å². The van der Waals surface area contributed by atoms with Crippen molar-refractivity contribution >= 4 is 22.4 Å². The molecular formula is C21H22N2O2S. The third kappa shape index (κ3) is 3.78. The van der Waals surface area contributed by atoms with Crippen LogP contribution in [0.5, 0.6) is 5.75 Å². The van der Waals surface area contributed by atoms with Crippen LogP contribution in [0.4, 0.5) is 5.13 Å². The SMILES string of the molecule is CCOc1ccccc1-c1csc(NC(=O)c2c(C)cc(C)cc2C)n1. The van der Waals surface area contributed by atoms with E-state index in [0.717, 1.165) is 33.7 Å². The van der Waals surface area contributed by atoms with Gasteiger partial charge in [0, 0.05) is 16.5 Å². The third-order valence-corrected chi connectivity index (χ3v) is 4.85. The van der Waals surface area contributed by atoms with Crippen LogP contribution in [0.25, 0.3) is 11.3 Å². The standard InChI is InChI=1S/C21H22N2O2S/c1-5-25-18-9-7-6-8-16(18)17-12-26-21(22-17)23-20(24)19-14(3)10-13(2)11-15(19)4/h6-12H,5H2,1-4H3,(H,22,23,24). The van der Waals surface area contributed by atoms with Crippen molar-refractivity contribution in [3.8, 4) is 17.0 Å². The molecular weight excluding hydrogens is 344 g/mol. The number of hydrogen-bond acceptors (Lipinski definition) is 4. The molecule has 0 spiro atoms. The number of aromatic nitrogens is 1. The lowest BCUT2D eigenvalue weighted by Gasteiger charge is -2.10. The van der Waals surface area contributed by atoms with Crippen LogP contribution in [0.3, 0.4) is 0 Å². The minimum atomic E-state index is -0.126. The molecule has 3 aromatic rings. The molecule has 0 radical (unpaired) electrons.